The predicted octanol–water partition coefficient (Wildman–Crippen LogP) is 0.667. The summed E-state index contributed by atoms with van der Waals surface area (Å²) in [7, 11) is 1.44. The molecule has 0 heterocycles. The fraction of sp³-hybridized carbons (Fsp3) is 0.308. The molecule has 1 aromatic rings. The van der Waals surface area contributed by atoms with Crippen molar-refractivity contribution >= 4 is 23.6 Å². The van der Waals surface area contributed by atoms with E-state index in [1.165, 1.54) is 19.2 Å². The zero-order valence-corrected chi connectivity index (χ0v) is 11.3. The van der Waals surface area contributed by atoms with Crippen LogP contribution in [0.3, 0.4) is 0 Å². The first-order valence-corrected chi connectivity index (χ1v) is 6.08. The van der Waals surface area contributed by atoms with Gasteiger partial charge in [0.25, 0.3) is 0 Å². The normalized spacial score (nSPS) is 9.70. The molecule has 1 rings (SSSR count). The summed E-state index contributed by atoms with van der Waals surface area (Å²) < 4.78 is 0. The molecule has 0 aliphatic rings. The van der Waals surface area contributed by atoms with Crippen LogP contribution >= 0.6 is 0 Å². The largest absolute Gasteiger partial charge is 0.478 e. The van der Waals surface area contributed by atoms with Crippen LogP contribution in [0.15, 0.2) is 24.3 Å². The Morgan fingerprint density at radius 2 is 1.85 bits per heavy atom. The third-order valence-electron chi connectivity index (χ3n) is 2.57. The fourth-order valence-electron chi connectivity index (χ4n) is 1.59. The standard InChI is InChI=1S/C13H17N3O4/c1-3-14-11(17)8-15-13(20)16(2)10-7-5-4-6-9(10)12(18)19/h4-7H,3,8H2,1-2H3,(H,14,17)(H,15,20)(H,18,19). The number of hydrogen-bond acceptors (Lipinski definition) is 3. The summed E-state index contributed by atoms with van der Waals surface area (Å²) in [5.74, 6) is -1.43. The number of anilines is 1. The van der Waals surface area contributed by atoms with Crippen molar-refractivity contribution in [2.75, 3.05) is 25.0 Å². The van der Waals surface area contributed by atoms with E-state index in [-0.39, 0.29) is 23.7 Å². The molecule has 0 saturated carbocycles. The maximum absolute atomic E-state index is 11.9. The van der Waals surface area contributed by atoms with Gasteiger partial charge in [-0.05, 0) is 19.1 Å². The Kier molecular flexibility index (Phi) is 5.52. The van der Waals surface area contributed by atoms with E-state index in [0.29, 0.717) is 6.54 Å². The Bertz CT molecular complexity index is 516. The summed E-state index contributed by atoms with van der Waals surface area (Å²) in [6.45, 7) is 2.09. The van der Waals surface area contributed by atoms with E-state index in [2.05, 4.69) is 10.6 Å². The molecule has 20 heavy (non-hydrogen) atoms. The van der Waals surface area contributed by atoms with Crippen LogP contribution < -0.4 is 15.5 Å². The minimum atomic E-state index is -1.12. The van der Waals surface area contributed by atoms with E-state index in [0.717, 1.165) is 4.90 Å². The Morgan fingerprint density at radius 3 is 2.45 bits per heavy atom. The maximum atomic E-state index is 11.9. The molecule has 0 atom stereocenters. The molecule has 0 aliphatic heterocycles. The SMILES string of the molecule is CCNC(=O)CNC(=O)N(C)c1ccccc1C(=O)O. The van der Waals surface area contributed by atoms with Crippen LogP contribution in [0.1, 0.15) is 17.3 Å². The van der Waals surface area contributed by atoms with Gasteiger partial charge in [-0.15, -0.1) is 0 Å². The van der Waals surface area contributed by atoms with Crippen LogP contribution in [-0.4, -0.2) is 43.2 Å². The third kappa shape index (κ3) is 3.98. The lowest BCUT2D eigenvalue weighted by Crippen LogP contribution is -2.43. The maximum Gasteiger partial charge on any atom is 0.337 e. The summed E-state index contributed by atoms with van der Waals surface area (Å²) in [5, 5.41) is 14.0. The molecule has 0 aromatic heterocycles. The number of carbonyl (C=O) groups is 3. The molecule has 0 unspecified atom stereocenters. The van der Waals surface area contributed by atoms with Gasteiger partial charge in [0.05, 0.1) is 17.8 Å². The number of carbonyl (C=O) groups excluding carboxylic acids is 2. The number of carboxylic acids is 1. The molecule has 7 nitrogen and oxygen atoms in total. The molecule has 0 bridgehead atoms. The van der Waals surface area contributed by atoms with Gasteiger partial charge in [0.2, 0.25) is 5.91 Å². The monoisotopic (exact) mass is 279 g/mol. The lowest BCUT2D eigenvalue weighted by atomic mass is 10.1. The van der Waals surface area contributed by atoms with Crippen molar-refractivity contribution in [1.82, 2.24) is 10.6 Å². The van der Waals surface area contributed by atoms with Gasteiger partial charge in [-0.25, -0.2) is 9.59 Å². The zero-order valence-electron chi connectivity index (χ0n) is 11.3. The smallest absolute Gasteiger partial charge is 0.337 e. The number of likely N-dealkylation sites (N-methyl/N-ethyl adjacent to an activating group) is 1. The van der Waals surface area contributed by atoms with Gasteiger partial charge in [0, 0.05) is 13.6 Å². The average Bonchev–Trinajstić information content (AvgIpc) is 2.44. The number of amides is 3. The van der Waals surface area contributed by atoms with Crippen molar-refractivity contribution in [2.24, 2.45) is 0 Å². The molecule has 0 saturated heterocycles. The van der Waals surface area contributed by atoms with Crippen molar-refractivity contribution < 1.29 is 19.5 Å². The fourth-order valence-corrected chi connectivity index (χ4v) is 1.59. The molecular formula is C13H17N3O4. The molecule has 0 radical (unpaired) electrons. The van der Waals surface area contributed by atoms with Gasteiger partial charge in [0.15, 0.2) is 0 Å². The molecule has 1 aromatic carbocycles. The Morgan fingerprint density at radius 1 is 1.20 bits per heavy atom. The highest BCUT2D eigenvalue weighted by Gasteiger charge is 2.17. The number of aromatic carboxylic acids is 1. The van der Waals surface area contributed by atoms with Crippen molar-refractivity contribution in [3.8, 4) is 0 Å². The van der Waals surface area contributed by atoms with Gasteiger partial charge >= 0.3 is 12.0 Å². The summed E-state index contributed by atoms with van der Waals surface area (Å²) in [5.41, 5.74) is 0.275. The first kappa shape index (κ1) is 15.5. The third-order valence-corrected chi connectivity index (χ3v) is 2.57. The van der Waals surface area contributed by atoms with E-state index in [1.54, 1.807) is 19.1 Å². The molecule has 3 N–H and O–H groups in total. The zero-order chi connectivity index (χ0) is 15.1. The van der Waals surface area contributed by atoms with E-state index in [1.807, 2.05) is 0 Å². The van der Waals surface area contributed by atoms with Gasteiger partial charge in [0.1, 0.15) is 0 Å². The van der Waals surface area contributed by atoms with Crippen LogP contribution in [0, 0.1) is 0 Å². The molecule has 0 aliphatic carbocycles. The summed E-state index contributed by atoms with van der Waals surface area (Å²) in [4.78, 5) is 35.3. The van der Waals surface area contributed by atoms with Crippen molar-refractivity contribution in [1.29, 1.82) is 0 Å². The van der Waals surface area contributed by atoms with Crippen LogP contribution in [-0.2, 0) is 4.79 Å². The summed E-state index contributed by atoms with van der Waals surface area (Å²) in [6.07, 6.45) is 0. The highest BCUT2D eigenvalue weighted by molar-refractivity contribution is 6.01. The van der Waals surface area contributed by atoms with Crippen molar-refractivity contribution in [3.63, 3.8) is 0 Å². The van der Waals surface area contributed by atoms with Gasteiger partial charge in [-0.2, -0.15) is 0 Å². The highest BCUT2D eigenvalue weighted by atomic mass is 16.4. The lowest BCUT2D eigenvalue weighted by Gasteiger charge is -2.19. The molecular weight excluding hydrogens is 262 g/mol. The van der Waals surface area contributed by atoms with Crippen LogP contribution in [0.2, 0.25) is 0 Å². The Labute approximate surface area is 116 Å². The summed E-state index contributed by atoms with van der Waals surface area (Å²) >= 11 is 0. The van der Waals surface area contributed by atoms with Crippen LogP contribution in [0.25, 0.3) is 0 Å². The number of urea groups is 1. The topological polar surface area (TPSA) is 98.7 Å². The molecule has 0 spiro atoms. The number of benzene rings is 1. The van der Waals surface area contributed by atoms with Crippen molar-refractivity contribution in [2.45, 2.75) is 6.92 Å². The van der Waals surface area contributed by atoms with Gasteiger partial charge in [-0.1, -0.05) is 12.1 Å². The predicted molar refractivity (Wildman–Crippen MR) is 73.9 cm³/mol. The second-order valence-electron chi connectivity index (χ2n) is 3.99. The summed E-state index contributed by atoms with van der Waals surface area (Å²) in [6, 6.07) is 5.59. The molecule has 108 valence electrons. The van der Waals surface area contributed by atoms with Crippen LogP contribution in [0.5, 0.6) is 0 Å². The minimum absolute atomic E-state index is 0.0168. The first-order chi connectivity index (χ1) is 9.47. The highest BCUT2D eigenvalue weighted by Crippen LogP contribution is 2.18. The minimum Gasteiger partial charge on any atom is -0.478 e. The van der Waals surface area contributed by atoms with Crippen LogP contribution in [0.4, 0.5) is 10.5 Å². The van der Waals surface area contributed by atoms with E-state index in [4.69, 9.17) is 5.11 Å². The second kappa shape index (κ2) is 7.13. The molecule has 3 amide bonds. The number of rotatable bonds is 5. The first-order valence-electron chi connectivity index (χ1n) is 6.08. The van der Waals surface area contributed by atoms with E-state index < -0.39 is 12.0 Å². The number of hydrogen-bond donors (Lipinski definition) is 3. The van der Waals surface area contributed by atoms with E-state index in [9.17, 15) is 14.4 Å². The number of carboxylic acid groups (broad SMARTS) is 1. The number of nitrogens with one attached hydrogen (secondary N) is 2. The number of para-hydroxylation sites is 1. The second-order valence-corrected chi connectivity index (χ2v) is 3.99. The quantitative estimate of drug-likeness (QED) is 0.737. The Hall–Kier alpha value is -2.57. The van der Waals surface area contributed by atoms with E-state index >= 15 is 0 Å². The van der Waals surface area contributed by atoms with Gasteiger partial charge < -0.3 is 15.7 Å². The number of nitrogens with zero attached hydrogens (tertiary/aromatic N) is 1. The molecule has 7 heteroatoms. The average molecular weight is 279 g/mol. The lowest BCUT2D eigenvalue weighted by molar-refractivity contribution is -0.119. The van der Waals surface area contributed by atoms with Gasteiger partial charge in [-0.3, -0.25) is 9.69 Å². The van der Waals surface area contributed by atoms with Crippen molar-refractivity contribution in [3.05, 3.63) is 29.8 Å². The Balaban J connectivity index is 2.75. The molecule has 0 fully saturated rings.